The van der Waals surface area contributed by atoms with E-state index >= 15 is 0 Å². The van der Waals surface area contributed by atoms with Gasteiger partial charge in [0.1, 0.15) is 10.8 Å². The number of nitrogens with zero attached hydrogens (tertiary/aromatic N) is 2. The summed E-state index contributed by atoms with van der Waals surface area (Å²) in [7, 11) is 1.46. The summed E-state index contributed by atoms with van der Waals surface area (Å²) in [5, 5.41) is 3.15. The van der Waals surface area contributed by atoms with Gasteiger partial charge in [-0.3, -0.25) is 9.69 Å². The third-order valence-corrected chi connectivity index (χ3v) is 5.41. The SMILES string of the molecule is CCOc1ccc(-c2nc(CN3CCC(C(=O)OC)CC3)cs2)cc1. The average Bonchev–Trinajstić information content (AvgIpc) is 3.11. The van der Waals surface area contributed by atoms with Gasteiger partial charge in [-0.2, -0.15) is 0 Å². The van der Waals surface area contributed by atoms with Gasteiger partial charge >= 0.3 is 5.97 Å². The fourth-order valence-electron chi connectivity index (χ4n) is 3.10. The molecule has 0 unspecified atom stereocenters. The van der Waals surface area contributed by atoms with Crippen molar-refractivity contribution >= 4 is 17.3 Å². The van der Waals surface area contributed by atoms with E-state index in [9.17, 15) is 4.79 Å². The van der Waals surface area contributed by atoms with Gasteiger partial charge in [0.2, 0.25) is 0 Å². The summed E-state index contributed by atoms with van der Waals surface area (Å²) < 4.78 is 10.3. The van der Waals surface area contributed by atoms with Gasteiger partial charge in [-0.1, -0.05) is 0 Å². The molecule has 1 aliphatic rings. The number of piperidine rings is 1. The number of benzene rings is 1. The molecule has 0 spiro atoms. The lowest BCUT2D eigenvalue weighted by Crippen LogP contribution is -2.36. The van der Waals surface area contributed by atoms with Crippen molar-refractivity contribution in [3.05, 3.63) is 35.3 Å². The second-order valence-electron chi connectivity index (χ2n) is 6.17. The maximum atomic E-state index is 11.6. The first-order valence-electron chi connectivity index (χ1n) is 8.67. The van der Waals surface area contributed by atoms with Crippen LogP contribution in [0.3, 0.4) is 0 Å². The Hall–Kier alpha value is -1.92. The molecule has 1 aliphatic heterocycles. The zero-order valence-corrected chi connectivity index (χ0v) is 15.6. The molecule has 0 aliphatic carbocycles. The van der Waals surface area contributed by atoms with Crippen LogP contribution in [0.15, 0.2) is 29.6 Å². The Morgan fingerprint density at radius 3 is 2.64 bits per heavy atom. The lowest BCUT2D eigenvalue weighted by atomic mass is 9.97. The molecule has 0 radical (unpaired) electrons. The van der Waals surface area contributed by atoms with Crippen LogP contribution < -0.4 is 4.74 Å². The highest BCUT2D eigenvalue weighted by Crippen LogP contribution is 2.27. The van der Waals surface area contributed by atoms with E-state index in [1.807, 2.05) is 19.1 Å². The van der Waals surface area contributed by atoms with Gasteiger partial charge < -0.3 is 9.47 Å². The van der Waals surface area contributed by atoms with Crippen molar-refractivity contribution in [2.75, 3.05) is 26.8 Å². The zero-order chi connectivity index (χ0) is 17.6. The Kier molecular flexibility index (Phi) is 6.04. The van der Waals surface area contributed by atoms with Crippen LogP contribution in [-0.2, 0) is 16.1 Å². The summed E-state index contributed by atoms with van der Waals surface area (Å²) in [6.07, 6.45) is 1.73. The first-order chi connectivity index (χ1) is 12.2. The van der Waals surface area contributed by atoms with Crippen molar-refractivity contribution in [2.24, 2.45) is 5.92 Å². The highest BCUT2D eigenvalue weighted by atomic mass is 32.1. The van der Waals surface area contributed by atoms with Crippen LogP contribution in [0, 0.1) is 5.92 Å². The third-order valence-electron chi connectivity index (χ3n) is 4.47. The molecule has 2 heterocycles. The standard InChI is InChI=1S/C19H24N2O3S/c1-3-24-17-6-4-14(5-7-17)18-20-16(13-25-18)12-21-10-8-15(9-11-21)19(22)23-2/h4-7,13,15H,3,8-12H2,1-2H3. The highest BCUT2D eigenvalue weighted by Gasteiger charge is 2.25. The number of likely N-dealkylation sites (tertiary alicyclic amines) is 1. The Labute approximate surface area is 152 Å². The van der Waals surface area contributed by atoms with E-state index in [0.29, 0.717) is 6.61 Å². The summed E-state index contributed by atoms with van der Waals surface area (Å²) >= 11 is 1.67. The molecule has 0 saturated carbocycles. The molecule has 6 heteroatoms. The second-order valence-corrected chi connectivity index (χ2v) is 7.03. The molecular weight excluding hydrogens is 336 g/mol. The summed E-state index contributed by atoms with van der Waals surface area (Å²) in [6, 6.07) is 8.07. The van der Waals surface area contributed by atoms with Gasteiger partial charge in [-0.05, 0) is 57.1 Å². The van der Waals surface area contributed by atoms with Gasteiger partial charge in [0.15, 0.2) is 0 Å². The minimum Gasteiger partial charge on any atom is -0.494 e. The second kappa shape index (κ2) is 8.45. The van der Waals surface area contributed by atoms with Crippen LogP contribution in [0.2, 0.25) is 0 Å². The molecule has 0 atom stereocenters. The first-order valence-corrected chi connectivity index (χ1v) is 9.55. The maximum Gasteiger partial charge on any atom is 0.308 e. The van der Waals surface area contributed by atoms with E-state index in [1.54, 1.807) is 11.3 Å². The lowest BCUT2D eigenvalue weighted by Gasteiger charge is -2.29. The van der Waals surface area contributed by atoms with Crippen molar-refractivity contribution in [3.8, 4) is 16.3 Å². The molecule has 1 fully saturated rings. The number of hydrogen-bond acceptors (Lipinski definition) is 6. The Balaban J connectivity index is 1.56. The average molecular weight is 360 g/mol. The maximum absolute atomic E-state index is 11.6. The summed E-state index contributed by atoms with van der Waals surface area (Å²) in [4.78, 5) is 18.7. The molecule has 5 nitrogen and oxygen atoms in total. The van der Waals surface area contributed by atoms with E-state index in [0.717, 1.165) is 54.5 Å². The van der Waals surface area contributed by atoms with Crippen molar-refractivity contribution in [1.82, 2.24) is 9.88 Å². The van der Waals surface area contributed by atoms with Crippen molar-refractivity contribution in [2.45, 2.75) is 26.3 Å². The predicted octanol–water partition coefficient (Wildman–Crippen LogP) is 3.59. The Morgan fingerprint density at radius 1 is 1.28 bits per heavy atom. The molecule has 0 bridgehead atoms. The highest BCUT2D eigenvalue weighted by molar-refractivity contribution is 7.13. The number of ether oxygens (including phenoxy) is 2. The van der Waals surface area contributed by atoms with Crippen LogP contribution in [0.5, 0.6) is 5.75 Å². The number of rotatable bonds is 6. The normalized spacial score (nSPS) is 15.9. The number of carbonyl (C=O) groups excluding carboxylic acids is 1. The summed E-state index contributed by atoms with van der Waals surface area (Å²) in [5.74, 6) is 0.860. The fourth-order valence-corrected chi connectivity index (χ4v) is 3.91. The quantitative estimate of drug-likeness (QED) is 0.737. The Morgan fingerprint density at radius 2 is 2.00 bits per heavy atom. The molecule has 134 valence electrons. The van der Waals surface area contributed by atoms with Crippen molar-refractivity contribution < 1.29 is 14.3 Å². The number of carbonyl (C=O) groups is 1. The number of hydrogen-bond donors (Lipinski definition) is 0. The predicted molar refractivity (Wildman–Crippen MR) is 98.7 cm³/mol. The largest absolute Gasteiger partial charge is 0.494 e. The molecule has 0 amide bonds. The van der Waals surface area contributed by atoms with Crippen LogP contribution in [-0.4, -0.2) is 42.7 Å². The Bertz CT molecular complexity index is 691. The topological polar surface area (TPSA) is 51.7 Å². The van der Waals surface area contributed by atoms with Crippen molar-refractivity contribution in [3.63, 3.8) is 0 Å². The van der Waals surface area contributed by atoms with E-state index < -0.39 is 0 Å². The van der Waals surface area contributed by atoms with Gasteiger partial charge in [0.05, 0.1) is 25.3 Å². The summed E-state index contributed by atoms with van der Waals surface area (Å²) in [6.45, 7) is 5.31. The van der Waals surface area contributed by atoms with Gasteiger partial charge in [0.25, 0.3) is 0 Å². The molecule has 1 saturated heterocycles. The molecule has 2 aromatic rings. The van der Waals surface area contributed by atoms with E-state index in [2.05, 4.69) is 22.4 Å². The molecule has 0 N–H and O–H groups in total. The van der Waals surface area contributed by atoms with Gasteiger partial charge in [-0.25, -0.2) is 4.98 Å². The zero-order valence-electron chi connectivity index (χ0n) is 14.7. The summed E-state index contributed by atoms with van der Waals surface area (Å²) in [5.41, 5.74) is 2.20. The number of thiazole rings is 1. The van der Waals surface area contributed by atoms with Gasteiger partial charge in [0, 0.05) is 17.5 Å². The van der Waals surface area contributed by atoms with E-state index in [4.69, 9.17) is 14.5 Å². The van der Waals surface area contributed by atoms with E-state index in [1.165, 1.54) is 7.11 Å². The van der Waals surface area contributed by atoms with Crippen molar-refractivity contribution in [1.29, 1.82) is 0 Å². The molecule has 1 aromatic carbocycles. The molecular formula is C19H24N2O3S. The number of esters is 1. The number of aromatic nitrogens is 1. The minimum absolute atomic E-state index is 0.0519. The minimum atomic E-state index is -0.0777. The smallest absolute Gasteiger partial charge is 0.308 e. The van der Waals surface area contributed by atoms with Crippen LogP contribution in [0.25, 0.3) is 10.6 Å². The van der Waals surface area contributed by atoms with Crippen LogP contribution in [0.1, 0.15) is 25.5 Å². The molecule has 1 aromatic heterocycles. The molecule has 3 rings (SSSR count). The van der Waals surface area contributed by atoms with Crippen LogP contribution in [0.4, 0.5) is 0 Å². The third kappa shape index (κ3) is 4.58. The fraction of sp³-hybridized carbons (Fsp3) is 0.474. The molecule has 25 heavy (non-hydrogen) atoms. The number of methoxy groups -OCH3 is 1. The lowest BCUT2D eigenvalue weighted by molar-refractivity contribution is -0.147. The monoisotopic (exact) mass is 360 g/mol. The first kappa shape index (κ1) is 17.9. The van der Waals surface area contributed by atoms with E-state index in [-0.39, 0.29) is 11.9 Å². The van der Waals surface area contributed by atoms with Crippen LogP contribution >= 0.6 is 11.3 Å². The van der Waals surface area contributed by atoms with Gasteiger partial charge in [-0.15, -0.1) is 11.3 Å².